The second-order valence-corrected chi connectivity index (χ2v) is 5.64. The average molecular weight is 342 g/mol. The lowest BCUT2D eigenvalue weighted by atomic mass is 10.1. The molecule has 6 heteroatoms. The minimum atomic E-state index is -0.206. The summed E-state index contributed by atoms with van der Waals surface area (Å²) in [6.45, 7) is 0. The number of rotatable bonds is 4. The first-order chi connectivity index (χ1) is 11.6. The highest BCUT2D eigenvalue weighted by atomic mass is 35.5. The monoisotopic (exact) mass is 341 g/mol. The number of aromatic nitrogens is 2. The third-order valence-electron chi connectivity index (χ3n) is 3.62. The first-order valence-corrected chi connectivity index (χ1v) is 7.69. The molecule has 0 aliphatic rings. The number of methoxy groups -OCH3 is 1. The Hall–Kier alpha value is -2.79. The van der Waals surface area contributed by atoms with Crippen LogP contribution in [-0.4, -0.2) is 22.8 Å². The number of hydrogen-bond donors (Lipinski definition) is 1. The van der Waals surface area contributed by atoms with E-state index in [0.717, 1.165) is 11.3 Å². The summed E-state index contributed by atoms with van der Waals surface area (Å²) in [5, 5.41) is 7.58. The fourth-order valence-corrected chi connectivity index (χ4v) is 2.72. The number of hydrogen-bond acceptors (Lipinski definition) is 3. The predicted molar refractivity (Wildman–Crippen MR) is 94.6 cm³/mol. The van der Waals surface area contributed by atoms with Crippen LogP contribution in [0, 0.1) is 0 Å². The zero-order valence-electron chi connectivity index (χ0n) is 13.3. The Bertz CT molecular complexity index is 870. The van der Waals surface area contributed by atoms with Crippen LogP contribution in [0.4, 0.5) is 5.69 Å². The molecule has 0 saturated carbocycles. The zero-order chi connectivity index (χ0) is 17.1. The molecule has 24 heavy (non-hydrogen) atoms. The van der Waals surface area contributed by atoms with Crippen LogP contribution in [0.25, 0.3) is 11.3 Å². The van der Waals surface area contributed by atoms with E-state index in [1.807, 2.05) is 31.3 Å². The summed E-state index contributed by atoms with van der Waals surface area (Å²) in [5.41, 5.74) is 2.88. The van der Waals surface area contributed by atoms with Gasteiger partial charge in [0.1, 0.15) is 5.75 Å². The fourth-order valence-electron chi connectivity index (χ4n) is 2.45. The number of anilines is 1. The molecule has 1 heterocycles. The Balaban J connectivity index is 1.86. The minimum Gasteiger partial charge on any atom is -0.497 e. The van der Waals surface area contributed by atoms with E-state index in [4.69, 9.17) is 16.3 Å². The van der Waals surface area contributed by atoms with Gasteiger partial charge < -0.3 is 10.1 Å². The molecule has 0 spiro atoms. The van der Waals surface area contributed by atoms with Crippen molar-refractivity contribution in [3.63, 3.8) is 0 Å². The van der Waals surface area contributed by atoms with Gasteiger partial charge in [-0.3, -0.25) is 9.48 Å². The van der Waals surface area contributed by atoms with Gasteiger partial charge in [-0.2, -0.15) is 5.10 Å². The van der Waals surface area contributed by atoms with Crippen LogP contribution in [0.1, 0.15) is 10.4 Å². The fraction of sp³-hybridized carbons (Fsp3) is 0.111. The van der Waals surface area contributed by atoms with Crippen LogP contribution in [0.5, 0.6) is 5.75 Å². The normalized spacial score (nSPS) is 10.5. The molecule has 1 aromatic heterocycles. The van der Waals surface area contributed by atoms with Gasteiger partial charge in [0.15, 0.2) is 0 Å². The average Bonchev–Trinajstić information content (AvgIpc) is 2.93. The summed E-state index contributed by atoms with van der Waals surface area (Å²) in [5.74, 6) is 0.431. The number of nitrogens with one attached hydrogen (secondary N) is 1. The van der Waals surface area contributed by atoms with Gasteiger partial charge >= 0.3 is 0 Å². The van der Waals surface area contributed by atoms with Gasteiger partial charge in [0.25, 0.3) is 5.91 Å². The van der Waals surface area contributed by atoms with Crippen molar-refractivity contribution in [3.05, 3.63) is 65.3 Å². The van der Waals surface area contributed by atoms with E-state index >= 15 is 0 Å². The van der Waals surface area contributed by atoms with Crippen molar-refractivity contribution in [1.82, 2.24) is 9.78 Å². The highest BCUT2D eigenvalue weighted by molar-refractivity contribution is 6.33. The third-order valence-corrected chi connectivity index (χ3v) is 3.90. The zero-order valence-corrected chi connectivity index (χ0v) is 14.0. The van der Waals surface area contributed by atoms with Crippen LogP contribution >= 0.6 is 11.6 Å². The molecule has 1 amide bonds. The van der Waals surface area contributed by atoms with Crippen LogP contribution in [-0.2, 0) is 7.05 Å². The van der Waals surface area contributed by atoms with Gasteiger partial charge in [-0.15, -0.1) is 0 Å². The number of nitrogens with zero attached hydrogens (tertiary/aromatic N) is 2. The largest absolute Gasteiger partial charge is 0.497 e. The van der Waals surface area contributed by atoms with Gasteiger partial charge in [-0.1, -0.05) is 29.8 Å². The van der Waals surface area contributed by atoms with E-state index in [1.54, 1.807) is 42.3 Å². The molecule has 5 nitrogen and oxygen atoms in total. The molecule has 2 aromatic carbocycles. The van der Waals surface area contributed by atoms with Crippen LogP contribution in [0.2, 0.25) is 5.02 Å². The Morgan fingerprint density at radius 3 is 2.71 bits per heavy atom. The lowest BCUT2D eigenvalue weighted by Gasteiger charge is -2.09. The Morgan fingerprint density at radius 2 is 2.00 bits per heavy atom. The number of carbonyl (C=O) groups excluding carboxylic acids is 1. The van der Waals surface area contributed by atoms with Crippen molar-refractivity contribution < 1.29 is 9.53 Å². The maximum absolute atomic E-state index is 12.4. The maximum Gasteiger partial charge on any atom is 0.255 e. The standard InChI is InChI=1S/C18H16ClN3O2/c1-22-17(16(19)11-20-22)12-5-3-7-14(9-12)21-18(23)13-6-4-8-15(10-13)24-2/h3-11H,1-2H3,(H,21,23). The van der Waals surface area contributed by atoms with E-state index in [0.29, 0.717) is 22.0 Å². The Morgan fingerprint density at radius 1 is 1.21 bits per heavy atom. The van der Waals surface area contributed by atoms with E-state index < -0.39 is 0 Å². The highest BCUT2D eigenvalue weighted by Gasteiger charge is 2.11. The number of amides is 1. The van der Waals surface area contributed by atoms with Crippen LogP contribution < -0.4 is 10.1 Å². The maximum atomic E-state index is 12.4. The summed E-state index contributed by atoms with van der Waals surface area (Å²) in [7, 11) is 3.39. The number of benzene rings is 2. The molecule has 0 fully saturated rings. The topological polar surface area (TPSA) is 56.1 Å². The number of ether oxygens (including phenoxy) is 1. The van der Waals surface area contributed by atoms with E-state index in [1.165, 1.54) is 0 Å². The second-order valence-electron chi connectivity index (χ2n) is 5.23. The first kappa shape index (κ1) is 16.1. The molecular weight excluding hydrogens is 326 g/mol. The van der Waals surface area contributed by atoms with Crippen LogP contribution in [0.15, 0.2) is 54.7 Å². The summed E-state index contributed by atoms with van der Waals surface area (Å²) >= 11 is 6.18. The Kier molecular flexibility index (Phi) is 4.53. The molecule has 0 atom stereocenters. The summed E-state index contributed by atoms with van der Waals surface area (Å²) in [6, 6.07) is 14.5. The number of halogens is 1. The van der Waals surface area contributed by atoms with Gasteiger partial charge in [-0.25, -0.2) is 0 Å². The van der Waals surface area contributed by atoms with E-state index in [-0.39, 0.29) is 5.91 Å². The molecule has 0 aliphatic carbocycles. The molecule has 0 saturated heterocycles. The van der Waals surface area contributed by atoms with E-state index in [9.17, 15) is 4.79 Å². The number of carbonyl (C=O) groups is 1. The van der Waals surface area contributed by atoms with Crippen LogP contribution in [0.3, 0.4) is 0 Å². The molecule has 0 radical (unpaired) electrons. The second kappa shape index (κ2) is 6.76. The molecule has 122 valence electrons. The molecular formula is C18H16ClN3O2. The summed E-state index contributed by atoms with van der Waals surface area (Å²) in [4.78, 5) is 12.4. The molecule has 1 N–H and O–H groups in total. The molecule has 3 rings (SSSR count). The Labute approximate surface area is 144 Å². The summed E-state index contributed by atoms with van der Waals surface area (Å²) < 4.78 is 6.85. The van der Waals surface area contributed by atoms with Crippen molar-refractivity contribution in [3.8, 4) is 17.0 Å². The van der Waals surface area contributed by atoms with Crippen molar-refractivity contribution in [2.24, 2.45) is 7.05 Å². The number of aryl methyl sites for hydroxylation is 1. The first-order valence-electron chi connectivity index (χ1n) is 7.32. The lowest BCUT2D eigenvalue weighted by molar-refractivity contribution is 0.102. The smallest absolute Gasteiger partial charge is 0.255 e. The van der Waals surface area contributed by atoms with Crippen molar-refractivity contribution in [2.75, 3.05) is 12.4 Å². The molecule has 0 aliphatic heterocycles. The van der Waals surface area contributed by atoms with Crippen molar-refractivity contribution >= 4 is 23.2 Å². The van der Waals surface area contributed by atoms with Gasteiger partial charge in [-0.05, 0) is 30.3 Å². The minimum absolute atomic E-state index is 0.206. The molecule has 0 bridgehead atoms. The van der Waals surface area contributed by atoms with Gasteiger partial charge in [0.2, 0.25) is 0 Å². The highest BCUT2D eigenvalue weighted by Crippen LogP contribution is 2.29. The molecule has 0 unspecified atom stereocenters. The van der Waals surface area contributed by atoms with E-state index in [2.05, 4.69) is 10.4 Å². The van der Waals surface area contributed by atoms with Gasteiger partial charge in [0, 0.05) is 23.9 Å². The SMILES string of the molecule is COc1cccc(C(=O)Nc2cccc(-c3c(Cl)cnn3C)c2)c1. The van der Waals surface area contributed by atoms with Gasteiger partial charge in [0.05, 0.1) is 24.0 Å². The third kappa shape index (κ3) is 3.26. The van der Waals surface area contributed by atoms with Crippen molar-refractivity contribution in [2.45, 2.75) is 0 Å². The quantitative estimate of drug-likeness (QED) is 0.780. The predicted octanol–water partition coefficient (Wildman–Crippen LogP) is 4.00. The lowest BCUT2D eigenvalue weighted by Crippen LogP contribution is -2.12. The molecule has 3 aromatic rings. The van der Waals surface area contributed by atoms with Crippen molar-refractivity contribution in [1.29, 1.82) is 0 Å². The summed E-state index contributed by atoms with van der Waals surface area (Å²) in [6.07, 6.45) is 1.60.